The number of primary sulfonamides is 1. The van der Waals surface area contributed by atoms with Gasteiger partial charge in [-0.15, -0.1) is 0 Å². The average Bonchev–Trinajstić information content (AvgIpc) is 3.27. The summed E-state index contributed by atoms with van der Waals surface area (Å²) in [5.74, 6) is -0.713. The number of hydrogen-bond acceptors (Lipinski definition) is 5. The lowest BCUT2D eigenvalue weighted by Crippen LogP contribution is -2.24. The quantitative estimate of drug-likeness (QED) is 0.427. The normalized spacial score (nSPS) is 11.9. The van der Waals surface area contributed by atoms with E-state index in [1.165, 1.54) is 24.3 Å². The molecule has 3 rings (SSSR count). The predicted molar refractivity (Wildman–Crippen MR) is 122 cm³/mol. The lowest BCUT2D eigenvalue weighted by Gasteiger charge is -2.12. The van der Waals surface area contributed by atoms with Crippen molar-refractivity contribution in [2.45, 2.75) is 37.3 Å². The Morgan fingerprint density at radius 3 is 2.31 bits per heavy atom. The molecule has 0 aliphatic heterocycles. The fraction of sp³-hybridized carbons (Fsp3) is 0.261. The topological polar surface area (TPSA) is 124 Å². The van der Waals surface area contributed by atoms with Gasteiger partial charge in [-0.1, -0.05) is 31.2 Å². The zero-order valence-electron chi connectivity index (χ0n) is 18.7. The van der Waals surface area contributed by atoms with Crippen molar-refractivity contribution in [3.63, 3.8) is 0 Å². The molecule has 1 heterocycles. The highest BCUT2D eigenvalue weighted by atomic mass is 32.2. The molecule has 186 valence electrons. The van der Waals surface area contributed by atoms with Crippen LogP contribution in [0.2, 0.25) is 0 Å². The Morgan fingerprint density at radius 2 is 1.71 bits per heavy atom. The number of alkyl halides is 3. The summed E-state index contributed by atoms with van der Waals surface area (Å²) < 4.78 is 64.6. The third-order valence-electron chi connectivity index (χ3n) is 5.06. The van der Waals surface area contributed by atoms with E-state index in [9.17, 15) is 31.2 Å². The van der Waals surface area contributed by atoms with Gasteiger partial charge in [0.05, 0.1) is 16.3 Å². The van der Waals surface area contributed by atoms with Crippen molar-refractivity contribution in [3.05, 3.63) is 65.9 Å². The number of sulfonamides is 1. The van der Waals surface area contributed by atoms with E-state index in [1.807, 2.05) is 6.92 Å². The van der Waals surface area contributed by atoms with Crippen LogP contribution in [0.15, 0.2) is 59.5 Å². The van der Waals surface area contributed by atoms with Gasteiger partial charge in [0.15, 0.2) is 11.5 Å². The molecule has 0 aliphatic rings. The molecule has 0 saturated heterocycles. The van der Waals surface area contributed by atoms with Crippen LogP contribution < -0.4 is 10.5 Å². The predicted octanol–water partition coefficient (Wildman–Crippen LogP) is 3.69. The van der Waals surface area contributed by atoms with E-state index < -0.39 is 27.7 Å². The minimum atomic E-state index is -4.77. The van der Waals surface area contributed by atoms with Gasteiger partial charge in [0.1, 0.15) is 0 Å². The summed E-state index contributed by atoms with van der Waals surface area (Å²) in [5.41, 5.74) is -0.773. The van der Waals surface area contributed by atoms with Crippen molar-refractivity contribution in [3.8, 4) is 16.9 Å². The summed E-state index contributed by atoms with van der Waals surface area (Å²) in [6.45, 7) is 2.37. The van der Waals surface area contributed by atoms with E-state index in [4.69, 9.17) is 5.14 Å². The maximum atomic E-state index is 13.5. The first-order valence-electron chi connectivity index (χ1n) is 10.6. The molecule has 0 spiro atoms. The second kappa shape index (κ2) is 10.4. The number of carbonyl (C=O) groups excluding carboxylic acids is 2. The lowest BCUT2D eigenvalue weighted by atomic mass is 9.98. The van der Waals surface area contributed by atoms with E-state index in [0.29, 0.717) is 6.54 Å². The van der Waals surface area contributed by atoms with Gasteiger partial charge in [0.2, 0.25) is 15.9 Å². The lowest BCUT2D eigenvalue weighted by molar-refractivity contribution is -0.141. The van der Waals surface area contributed by atoms with Gasteiger partial charge in [-0.05, 0) is 36.8 Å². The molecule has 12 heteroatoms. The van der Waals surface area contributed by atoms with Gasteiger partial charge in [0.25, 0.3) is 0 Å². The molecular formula is C23H23F3N4O4S. The summed E-state index contributed by atoms with van der Waals surface area (Å²) in [6.07, 6.45) is -4.21. The number of aromatic nitrogens is 2. The number of halogens is 3. The fourth-order valence-electron chi connectivity index (χ4n) is 3.35. The van der Waals surface area contributed by atoms with Crippen LogP contribution in [0, 0.1) is 0 Å². The van der Waals surface area contributed by atoms with Gasteiger partial charge >= 0.3 is 6.18 Å². The molecule has 8 nitrogen and oxygen atoms in total. The molecule has 1 aromatic heterocycles. The van der Waals surface area contributed by atoms with Crippen molar-refractivity contribution in [1.82, 2.24) is 15.1 Å². The maximum absolute atomic E-state index is 13.5. The highest BCUT2D eigenvalue weighted by Crippen LogP contribution is 2.35. The highest BCUT2D eigenvalue weighted by Gasteiger charge is 2.35. The van der Waals surface area contributed by atoms with Crippen molar-refractivity contribution in [2.75, 3.05) is 6.54 Å². The van der Waals surface area contributed by atoms with Crippen LogP contribution in [-0.2, 0) is 21.0 Å². The largest absolute Gasteiger partial charge is 0.435 e. The van der Waals surface area contributed by atoms with Gasteiger partial charge in [-0.25, -0.2) is 18.2 Å². The summed E-state index contributed by atoms with van der Waals surface area (Å²) in [6, 6.07) is 11.7. The van der Waals surface area contributed by atoms with Crippen molar-refractivity contribution < 1.29 is 31.2 Å². The Labute approximate surface area is 200 Å². The van der Waals surface area contributed by atoms with Gasteiger partial charge in [-0.3, -0.25) is 9.59 Å². The summed E-state index contributed by atoms with van der Waals surface area (Å²) >= 11 is 0. The smallest absolute Gasteiger partial charge is 0.356 e. The number of benzene rings is 2. The molecule has 0 bridgehead atoms. The Hall–Kier alpha value is -3.51. The van der Waals surface area contributed by atoms with Crippen LogP contribution in [0.5, 0.6) is 0 Å². The number of nitrogens with zero attached hydrogens (tertiary/aromatic N) is 2. The molecule has 0 saturated carbocycles. The van der Waals surface area contributed by atoms with Crippen LogP contribution >= 0.6 is 0 Å². The van der Waals surface area contributed by atoms with Gasteiger partial charge in [0, 0.05) is 30.5 Å². The number of Topliss-reactive ketones (excluding diaryl/α,β-unsaturated/α-hetero) is 1. The molecular weight excluding hydrogens is 485 g/mol. The standard InChI is InChI=1S/C23H23F3N4O4S/c1-2-13-28-22(32)12-11-20(31)18-6-4-3-5-17(18)19-14-21(23(24,25)26)29-30(19)15-7-9-16(10-8-15)35(27,33)34/h3-10,14H,2,11-13H2,1H3,(H,28,32)(H2,27,33,34). The van der Waals surface area contributed by atoms with Gasteiger partial charge < -0.3 is 5.32 Å². The van der Waals surface area contributed by atoms with E-state index in [-0.39, 0.29) is 46.2 Å². The van der Waals surface area contributed by atoms with Crippen LogP contribution in [0.1, 0.15) is 42.2 Å². The van der Waals surface area contributed by atoms with Crippen molar-refractivity contribution in [1.29, 1.82) is 0 Å². The Kier molecular flexibility index (Phi) is 7.76. The minimum Gasteiger partial charge on any atom is -0.356 e. The SMILES string of the molecule is CCCNC(=O)CCC(=O)c1ccccc1-c1cc(C(F)(F)F)nn1-c1ccc(S(N)(=O)=O)cc1. The zero-order valence-corrected chi connectivity index (χ0v) is 19.5. The number of ketones is 1. The van der Waals surface area contributed by atoms with Crippen LogP contribution in [0.4, 0.5) is 13.2 Å². The third kappa shape index (κ3) is 6.34. The molecule has 2 aromatic carbocycles. The molecule has 0 fully saturated rings. The first kappa shape index (κ1) is 26.1. The number of rotatable bonds is 9. The summed E-state index contributed by atoms with van der Waals surface area (Å²) in [5, 5.41) is 11.4. The maximum Gasteiger partial charge on any atom is 0.435 e. The molecule has 0 atom stereocenters. The monoisotopic (exact) mass is 508 g/mol. The number of carbonyl (C=O) groups is 2. The Bertz CT molecular complexity index is 1330. The Balaban J connectivity index is 2.04. The molecule has 3 aromatic rings. The van der Waals surface area contributed by atoms with Crippen LogP contribution in [0.3, 0.4) is 0 Å². The molecule has 3 N–H and O–H groups in total. The molecule has 0 unspecified atom stereocenters. The first-order valence-corrected chi connectivity index (χ1v) is 12.2. The number of nitrogens with one attached hydrogen (secondary N) is 1. The van der Waals surface area contributed by atoms with Crippen LogP contribution in [0.25, 0.3) is 16.9 Å². The van der Waals surface area contributed by atoms with E-state index in [0.717, 1.165) is 29.3 Å². The highest BCUT2D eigenvalue weighted by molar-refractivity contribution is 7.89. The second-order valence-corrected chi connectivity index (χ2v) is 9.24. The molecule has 0 aliphatic carbocycles. The third-order valence-corrected chi connectivity index (χ3v) is 5.99. The second-order valence-electron chi connectivity index (χ2n) is 7.68. The fourth-order valence-corrected chi connectivity index (χ4v) is 3.86. The van der Waals surface area contributed by atoms with Crippen molar-refractivity contribution in [2.24, 2.45) is 5.14 Å². The van der Waals surface area contributed by atoms with Crippen LogP contribution in [-0.4, -0.2) is 36.4 Å². The molecule has 0 radical (unpaired) electrons. The number of nitrogens with two attached hydrogens (primary N) is 1. The summed E-state index contributed by atoms with van der Waals surface area (Å²) in [4.78, 5) is 24.6. The first-order chi connectivity index (χ1) is 16.4. The summed E-state index contributed by atoms with van der Waals surface area (Å²) in [7, 11) is -4.01. The van der Waals surface area contributed by atoms with E-state index in [2.05, 4.69) is 10.4 Å². The minimum absolute atomic E-state index is 0.0277. The average molecular weight is 509 g/mol. The Morgan fingerprint density at radius 1 is 1.06 bits per heavy atom. The molecule has 35 heavy (non-hydrogen) atoms. The number of amides is 1. The van der Waals surface area contributed by atoms with E-state index >= 15 is 0 Å². The number of hydrogen-bond donors (Lipinski definition) is 2. The van der Waals surface area contributed by atoms with E-state index in [1.54, 1.807) is 12.1 Å². The van der Waals surface area contributed by atoms with Gasteiger partial charge in [-0.2, -0.15) is 18.3 Å². The van der Waals surface area contributed by atoms with Crippen molar-refractivity contribution >= 4 is 21.7 Å². The zero-order chi connectivity index (χ0) is 25.8. The molecule has 1 amide bonds.